The van der Waals surface area contributed by atoms with E-state index in [0.717, 1.165) is 11.1 Å². The molecule has 3 aromatic rings. The maximum absolute atomic E-state index is 12.8. The first-order valence-corrected chi connectivity index (χ1v) is 11.3. The highest BCUT2D eigenvalue weighted by Gasteiger charge is 2.51. The molecule has 0 saturated carbocycles. The highest BCUT2D eigenvalue weighted by molar-refractivity contribution is 5.89. The van der Waals surface area contributed by atoms with E-state index in [-0.39, 0.29) is 13.2 Å². The molecule has 2 aliphatic rings. The molecule has 176 valence electrons. The summed E-state index contributed by atoms with van der Waals surface area (Å²) in [6.45, 7) is 0.426. The summed E-state index contributed by atoms with van der Waals surface area (Å²) in [5.74, 6) is -0.577. The van der Waals surface area contributed by atoms with Crippen molar-refractivity contribution >= 4 is 5.97 Å². The van der Waals surface area contributed by atoms with E-state index in [2.05, 4.69) is 0 Å². The molecule has 2 fully saturated rings. The summed E-state index contributed by atoms with van der Waals surface area (Å²) >= 11 is 0. The van der Waals surface area contributed by atoms with Gasteiger partial charge in [0, 0.05) is 5.56 Å². The molecule has 5 rings (SSSR count). The van der Waals surface area contributed by atoms with E-state index in [0.29, 0.717) is 5.56 Å². The minimum Gasteiger partial charge on any atom is -0.450 e. The Kier molecular flexibility index (Phi) is 6.99. The molecule has 7 heteroatoms. The second-order valence-electron chi connectivity index (χ2n) is 8.24. The van der Waals surface area contributed by atoms with Crippen LogP contribution in [0.25, 0.3) is 0 Å². The van der Waals surface area contributed by atoms with Crippen LogP contribution in [0.4, 0.5) is 0 Å². The van der Waals surface area contributed by atoms with Crippen molar-refractivity contribution < 1.29 is 33.6 Å². The fraction of sp³-hybridized carbons (Fsp3) is 0.296. The van der Waals surface area contributed by atoms with Gasteiger partial charge in [-0.15, -0.1) is 0 Å². The Bertz CT molecular complexity index is 1060. The number of carbonyl (C=O) groups excluding carboxylic acids is 1. The summed E-state index contributed by atoms with van der Waals surface area (Å²) in [6, 6.07) is 27.6. The third-order valence-corrected chi connectivity index (χ3v) is 5.89. The Labute approximate surface area is 197 Å². The number of esters is 1. The molecule has 6 atom stereocenters. The van der Waals surface area contributed by atoms with Gasteiger partial charge in [0.25, 0.3) is 0 Å². The van der Waals surface area contributed by atoms with Crippen LogP contribution in [0.5, 0.6) is 0 Å². The first-order valence-electron chi connectivity index (χ1n) is 11.3. The van der Waals surface area contributed by atoms with Crippen LogP contribution < -0.4 is 0 Å². The molecule has 1 unspecified atom stereocenters. The average Bonchev–Trinajstić information content (AvgIpc) is 2.90. The van der Waals surface area contributed by atoms with E-state index in [9.17, 15) is 9.90 Å². The lowest BCUT2D eigenvalue weighted by atomic mass is 9.97. The summed E-state index contributed by atoms with van der Waals surface area (Å²) in [6.07, 6.45) is -5.27. The lowest BCUT2D eigenvalue weighted by molar-refractivity contribution is -0.362. The molecule has 0 amide bonds. The number of rotatable bonds is 6. The summed E-state index contributed by atoms with van der Waals surface area (Å²) in [5.41, 5.74) is 2.12. The topological polar surface area (TPSA) is 83.5 Å². The molecule has 0 spiro atoms. The molecule has 0 aliphatic carbocycles. The van der Waals surface area contributed by atoms with Crippen LogP contribution >= 0.6 is 0 Å². The van der Waals surface area contributed by atoms with Crippen molar-refractivity contribution in [2.24, 2.45) is 0 Å². The van der Waals surface area contributed by atoms with E-state index in [1.807, 2.05) is 66.7 Å². The van der Waals surface area contributed by atoms with Gasteiger partial charge >= 0.3 is 5.97 Å². The molecule has 2 heterocycles. The first-order chi connectivity index (χ1) is 16.7. The predicted octanol–water partition coefficient (Wildman–Crippen LogP) is 3.63. The Morgan fingerprint density at radius 1 is 0.882 bits per heavy atom. The molecule has 0 bridgehead atoms. The SMILES string of the molecule is O=C(O[C@H]1[C@H](OCc2ccccc2)O[C@@H]2COC(c3ccccc3)O[C@@H]2[C@@H]1O)c1ccccc1. The minimum atomic E-state index is -1.18. The van der Waals surface area contributed by atoms with Gasteiger partial charge in [-0.1, -0.05) is 78.9 Å². The lowest BCUT2D eigenvalue weighted by Gasteiger charge is -2.47. The van der Waals surface area contributed by atoms with Crippen LogP contribution in [0.2, 0.25) is 0 Å². The van der Waals surface area contributed by atoms with Crippen molar-refractivity contribution in [3.8, 4) is 0 Å². The zero-order valence-electron chi connectivity index (χ0n) is 18.4. The summed E-state index contributed by atoms with van der Waals surface area (Å²) in [5, 5.41) is 11.3. The number of fused-ring (bicyclic) bond motifs is 1. The van der Waals surface area contributed by atoms with Crippen molar-refractivity contribution in [2.75, 3.05) is 6.61 Å². The number of aliphatic hydroxyl groups excluding tert-OH is 1. The minimum absolute atomic E-state index is 0.200. The molecule has 3 aromatic carbocycles. The molecule has 1 N–H and O–H groups in total. The van der Waals surface area contributed by atoms with E-state index >= 15 is 0 Å². The number of carbonyl (C=O) groups is 1. The molecule has 34 heavy (non-hydrogen) atoms. The van der Waals surface area contributed by atoms with E-state index < -0.39 is 43.0 Å². The normalized spacial score (nSPS) is 28.6. The third-order valence-electron chi connectivity index (χ3n) is 5.89. The van der Waals surface area contributed by atoms with Gasteiger partial charge in [-0.05, 0) is 17.7 Å². The standard InChI is InChI=1S/C27H26O7/c28-22-23-21(17-31-26(34-23)20-14-8-3-9-15-20)32-27(30-16-18-10-4-1-5-11-18)24(22)33-25(29)19-12-6-2-7-13-19/h1-15,21-24,26-28H,16-17H2/t21-,22+,23+,24-,26?,27-/m1/s1. The number of ether oxygens (including phenoxy) is 5. The predicted molar refractivity (Wildman–Crippen MR) is 122 cm³/mol. The second kappa shape index (κ2) is 10.5. The first kappa shape index (κ1) is 22.7. The fourth-order valence-corrected chi connectivity index (χ4v) is 4.12. The Morgan fingerprint density at radius 2 is 1.53 bits per heavy atom. The number of aliphatic hydroxyl groups is 1. The molecular weight excluding hydrogens is 436 g/mol. The summed E-state index contributed by atoms with van der Waals surface area (Å²) < 4.78 is 29.7. The van der Waals surface area contributed by atoms with Crippen molar-refractivity contribution in [3.05, 3.63) is 108 Å². The maximum atomic E-state index is 12.8. The third kappa shape index (κ3) is 5.04. The van der Waals surface area contributed by atoms with Crippen molar-refractivity contribution in [1.82, 2.24) is 0 Å². The van der Waals surface area contributed by atoms with Crippen molar-refractivity contribution in [3.63, 3.8) is 0 Å². The average molecular weight is 462 g/mol. The highest BCUT2D eigenvalue weighted by Crippen LogP contribution is 2.35. The molecule has 2 aliphatic heterocycles. The molecule has 2 saturated heterocycles. The van der Waals surface area contributed by atoms with E-state index in [1.165, 1.54) is 0 Å². The Balaban J connectivity index is 1.35. The van der Waals surface area contributed by atoms with E-state index in [4.69, 9.17) is 23.7 Å². The van der Waals surface area contributed by atoms with Crippen molar-refractivity contribution in [1.29, 1.82) is 0 Å². The van der Waals surface area contributed by atoms with Crippen molar-refractivity contribution in [2.45, 2.75) is 43.6 Å². The second-order valence-corrected chi connectivity index (χ2v) is 8.24. The highest BCUT2D eigenvalue weighted by atomic mass is 16.8. The van der Waals surface area contributed by atoms with Crippen LogP contribution in [0, 0.1) is 0 Å². The van der Waals surface area contributed by atoms with Gasteiger partial charge in [0.2, 0.25) is 0 Å². The number of hydrogen-bond acceptors (Lipinski definition) is 7. The van der Waals surface area contributed by atoms with Gasteiger partial charge in [-0.25, -0.2) is 4.79 Å². The van der Waals surface area contributed by atoms with Crippen LogP contribution in [0.3, 0.4) is 0 Å². The summed E-state index contributed by atoms with van der Waals surface area (Å²) in [7, 11) is 0. The number of benzene rings is 3. The van der Waals surface area contributed by atoms with Gasteiger partial charge in [0.15, 0.2) is 18.7 Å². The zero-order valence-corrected chi connectivity index (χ0v) is 18.4. The molecule has 7 nitrogen and oxygen atoms in total. The molecular formula is C27H26O7. The van der Waals surface area contributed by atoms with E-state index in [1.54, 1.807) is 24.3 Å². The molecule has 0 aromatic heterocycles. The summed E-state index contributed by atoms with van der Waals surface area (Å²) in [4.78, 5) is 12.8. The smallest absolute Gasteiger partial charge is 0.338 e. The number of hydrogen-bond donors (Lipinski definition) is 1. The fourth-order valence-electron chi connectivity index (χ4n) is 4.12. The zero-order chi connectivity index (χ0) is 23.3. The Hall–Kier alpha value is -3.07. The van der Waals surface area contributed by atoms with Crippen LogP contribution in [-0.2, 0) is 30.3 Å². The van der Waals surface area contributed by atoms with Gasteiger partial charge in [-0.3, -0.25) is 0 Å². The Morgan fingerprint density at radius 3 is 2.24 bits per heavy atom. The maximum Gasteiger partial charge on any atom is 0.338 e. The van der Waals surface area contributed by atoms with Crippen LogP contribution in [0.1, 0.15) is 27.8 Å². The quantitative estimate of drug-likeness (QED) is 0.560. The monoisotopic (exact) mass is 462 g/mol. The van der Waals surface area contributed by atoms with Gasteiger partial charge in [0.1, 0.15) is 18.3 Å². The lowest BCUT2D eigenvalue weighted by Crippen LogP contribution is -2.63. The van der Waals surface area contributed by atoms with Gasteiger partial charge in [-0.2, -0.15) is 0 Å². The van der Waals surface area contributed by atoms with Gasteiger partial charge in [0.05, 0.1) is 18.8 Å². The van der Waals surface area contributed by atoms with Crippen LogP contribution in [-0.4, -0.2) is 48.4 Å². The molecule has 0 radical (unpaired) electrons. The largest absolute Gasteiger partial charge is 0.450 e. The van der Waals surface area contributed by atoms with Gasteiger partial charge < -0.3 is 28.8 Å². The van der Waals surface area contributed by atoms with Crippen LogP contribution in [0.15, 0.2) is 91.0 Å².